The van der Waals surface area contributed by atoms with Crippen LogP contribution in [0.25, 0.3) is 0 Å². The zero-order valence-corrected chi connectivity index (χ0v) is 12.9. The van der Waals surface area contributed by atoms with Crippen LogP contribution in [-0.4, -0.2) is 49.2 Å². The van der Waals surface area contributed by atoms with Gasteiger partial charge in [-0.05, 0) is 51.1 Å². The van der Waals surface area contributed by atoms with Crippen LogP contribution in [0.1, 0.15) is 23.1 Å². The smallest absolute Gasteiger partial charge is 0.304 e. The Balaban J connectivity index is 2.62. The summed E-state index contributed by atoms with van der Waals surface area (Å²) in [6.45, 7) is 5.88. The molecule has 20 heavy (non-hydrogen) atoms. The van der Waals surface area contributed by atoms with E-state index in [-0.39, 0.29) is 12.5 Å². The number of hydrogen-bond donors (Lipinski definition) is 2. The Hall–Kier alpha value is -1.39. The number of nitrogens with one attached hydrogen (secondary N) is 1. The van der Waals surface area contributed by atoms with Crippen molar-refractivity contribution in [1.82, 2.24) is 10.2 Å². The summed E-state index contributed by atoms with van der Waals surface area (Å²) >= 11 is 0. The topological polar surface area (TPSA) is 52.6 Å². The summed E-state index contributed by atoms with van der Waals surface area (Å²) < 4.78 is 0. The highest BCUT2D eigenvalue weighted by Crippen LogP contribution is 2.12. The molecule has 0 fully saturated rings. The first-order valence-electron chi connectivity index (χ1n) is 7.04. The third-order valence-corrected chi connectivity index (χ3v) is 3.47. The van der Waals surface area contributed by atoms with Gasteiger partial charge in [-0.1, -0.05) is 18.2 Å². The van der Waals surface area contributed by atoms with E-state index >= 15 is 0 Å². The van der Waals surface area contributed by atoms with Crippen LogP contribution in [0.2, 0.25) is 0 Å². The van der Waals surface area contributed by atoms with Crippen molar-refractivity contribution in [2.75, 3.05) is 27.2 Å². The highest BCUT2D eigenvalue weighted by atomic mass is 16.4. The summed E-state index contributed by atoms with van der Waals surface area (Å²) in [6, 6.07) is 6.32. The third kappa shape index (κ3) is 6.17. The van der Waals surface area contributed by atoms with Crippen molar-refractivity contribution >= 4 is 5.97 Å². The number of hydrogen-bond acceptors (Lipinski definition) is 3. The van der Waals surface area contributed by atoms with E-state index in [2.05, 4.69) is 42.3 Å². The highest BCUT2D eigenvalue weighted by molar-refractivity contribution is 5.67. The quantitative estimate of drug-likeness (QED) is 0.762. The molecule has 0 radical (unpaired) electrons. The van der Waals surface area contributed by atoms with Crippen molar-refractivity contribution in [3.8, 4) is 0 Å². The molecule has 0 saturated carbocycles. The van der Waals surface area contributed by atoms with Gasteiger partial charge in [0, 0.05) is 19.1 Å². The fourth-order valence-electron chi connectivity index (χ4n) is 2.13. The lowest BCUT2D eigenvalue weighted by Crippen LogP contribution is -2.37. The molecular weight excluding hydrogens is 252 g/mol. The van der Waals surface area contributed by atoms with Gasteiger partial charge >= 0.3 is 5.97 Å². The average molecular weight is 278 g/mol. The molecule has 0 bridgehead atoms. The summed E-state index contributed by atoms with van der Waals surface area (Å²) in [5, 5.41) is 12.4. The molecule has 112 valence electrons. The van der Waals surface area contributed by atoms with Gasteiger partial charge in [0.2, 0.25) is 0 Å². The molecule has 0 aliphatic rings. The average Bonchev–Trinajstić information content (AvgIpc) is 2.32. The van der Waals surface area contributed by atoms with Crippen LogP contribution in [0.4, 0.5) is 0 Å². The zero-order chi connectivity index (χ0) is 15.1. The Morgan fingerprint density at radius 3 is 2.55 bits per heavy atom. The van der Waals surface area contributed by atoms with Crippen molar-refractivity contribution < 1.29 is 9.90 Å². The molecular formula is C16H26N2O2. The molecule has 0 aliphatic carbocycles. The minimum Gasteiger partial charge on any atom is -0.481 e. The monoisotopic (exact) mass is 278 g/mol. The van der Waals surface area contributed by atoms with Crippen molar-refractivity contribution in [2.45, 2.75) is 32.7 Å². The molecule has 1 rings (SSSR count). The third-order valence-electron chi connectivity index (χ3n) is 3.47. The largest absolute Gasteiger partial charge is 0.481 e. The fraction of sp³-hybridized carbons (Fsp3) is 0.562. The van der Waals surface area contributed by atoms with Gasteiger partial charge in [0.05, 0.1) is 6.42 Å². The van der Waals surface area contributed by atoms with E-state index in [1.807, 2.05) is 14.1 Å². The maximum absolute atomic E-state index is 11.0. The van der Waals surface area contributed by atoms with Crippen LogP contribution in [0, 0.1) is 13.8 Å². The van der Waals surface area contributed by atoms with Gasteiger partial charge in [0.15, 0.2) is 0 Å². The number of likely N-dealkylation sites (N-methyl/N-ethyl adjacent to an activating group) is 1. The van der Waals surface area contributed by atoms with Gasteiger partial charge in [-0.3, -0.25) is 4.79 Å². The summed E-state index contributed by atoms with van der Waals surface area (Å²) in [5.74, 6) is -0.754. The van der Waals surface area contributed by atoms with E-state index in [1.54, 1.807) is 0 Å². The molecule has 0 aliphatic heterocycles. The number of carboxylic acids is 1. The molecule has 0 amide bonds. The first-order valence-corrected chi connectivity index (χ1v) is 7.04. The molecule has 0 spiro atoms. The Kier molecular flexibility index (Phi) is 6.68. The van der Waals surface area contributed by atoms with Crippen molar-refractivity contribution in [3.63, 3.8) is 0 Å². The molecule has 0 heterocycles. The van der Waals surface area contributed by atoms with Crippen LogP contribution < -0.4 is 5.32 Å². The number of benzene rings is 1. The van der Waals surface area contributed by atoms with E-state index in [0.29, 0.717) is 0 Å². The lowest BCUT2D eigenvalue weighted by Gasteiger charge is -2.19. The Morgan fingerprint density at radius 1 is 1.30 bits per heavy atom. The Labute approximate surface area is 121 Å². The Bertz CT molecular complexity index is 444. The number of aliphatic carboxylic acids is 1. The molecule has 1 unspecified atom stereocenters. The number of aryl methyl sites for hydroxylation is 2. The van der Waals surface area contributed by atoms with Gasteiger partial charge in [-0.25, -0.2) is 0 Å². The number of carbonyl (C=O) groups is 1. The molecule has 0 saturated heterocycles. The normalized spacial score (nSPS) is 12.7. The maximum Gasteiger partial charge on any atom is 0.304 e. The second-order valence-electron chi connectivity index (χ2n) is 5.67. The van der Waals surface area contributed by atoms with Crippen molar-refractivity contribution in [1.29, 1.82) is 0 Å². The van der Waals surface area contributed by atoms with Gasteiger partial charge in [-0.15, -0.1) is 0 Å². The summed E-state index contributed by atoms with van der Waals surface area (Å²) in [6.07, 6.45) is 0.904. The van der Waals surface area contributed by atoms with Crippen LogP contribution >= 0.6 is 0 Å². The van der Waals surface area contributed by atoms with Crippen LogP contribution in [0.3, 0.4) is 0 Å². The van der Waals surface area contributed by atoms with Crippen LogP contribution in [0.15, 0.2) is 18.2 Å². The summed E-state index contributed by atoms with van der Waals surface area (Å²) in [4.78, 5) is 13.1. The SMILES string of the molecule is Cc1ccc(CC(CC(=O)O)NCCN(C)C)cc1C. The predicted molar refractivity (Wildman–Crippen MR) is 82.2 cm³/mol. The minimum atomic E-state index is -0.754. The zero-order valence-electron chi connectivity index (χ0n) is 12.9. The second kappa shape index (κ2) is 8.02. The molecule has 4 heteroatoms. The first kappa shape index (κ1) is 16.7. The van der Waals surface area contributed by atoms with Crippen LogP contribution in [0.5, 0.6) is 0 Å². The molecule has 0 aromatic heterocycles. The minimum absolute atomic E-state index is 0.0189. The van der Waals surface area contributed by atoms with Gasteiger partial charge in [-0.2, -0.15) is 0 Å². The molecule has 1 aromatic carbocycles. The fourth-order valence-corrected chi connectivity index (χ4v) is 2.13. The molecule has 1 atom stereocenters. The van der Waals surface area contributed by atoms with Crippen LogP contribution in [-0.2, 0) is 11.2 Å². The first-order chi connectivity index (χ1) is 9.38. The van der Waals surface area contributed by atoms with Crippen molar-refractivity contribution in [3.05, 3.63) is 34.9 Å². The van der Waals surface area contributed by atoms with E-state index in [0.717, 1.165) is 19.5 Å². The lowest BCUT2D eigenvalue weighted by molar-refractivity contribution is -0.137. The summed E-state index contributed by atoms with van der Waals surface area (Å²) in [5.41, 5.74) is 3.71. The van der Waals surface area contributed by atoms with E-state index in [1.165, 1.54) is 16.7 Å². The molecule has 1 aromatic rings. The number of nitrogens with zero attached hydrogens (tertiary/aromatic N) is 1. The lowest BCUT2D eigenvalue weighted by atomic mass is 9.99. The van der Waals surface area contributed by atoms with E-state index < -0.39 is 5.97 Å². The van der Waals surface area contributed by atoms with Gasteiger partial charge in [0.1, 0.15) is 0 Å². The standard InChI is InChI=1S/C16H26N2O2/c1-12-5-6-14(9-13(12)2)10-15(11-16(19)20)17-7-8-18(3)4/h5-6,9,15,17H,7-8,10-11H2,1-4H3,(H,19,20). The summed E-state index contributed by atoms with van der Waals surface area (Å²) in [7, 11) is 4.02. The predicted octanol–water partition coefficient (Wildman–Crippen LogP) is 1.84. The molecule has 2 N–H and O–H groups in total. The second-order valence-corrected chi connectivity index (χ2v) is 5.67. The van der Waals surface area contributed by atoms with E-state index in [9.17, 15) is 4.79 Å². The Morgan fingerprint density at radius 2 is 2.00 bits per heavy atom. The van der Waals surface area contributed by atoms with Crippen molar-refractivity contribution in [2.24, 2.45) is 0 Å². The maximum atomic E-state index is 11.0. The van der Waals surface area contributed by atoms with Gasteiger partial charge in [0.25, 0.3) is 0 Å². The number of carboxylic acid groups (broad SMARTS) is 1. The molecule has 4 nitrogen and oxygen atoms in total. The van der Waals surface area contributed by atoms with Gasteiger partial charge < -0.3 is 15.3 Å². The highest BCUT2D eigenvalue weighted by Gasteiger charge is 2.13. The van der Waals surface area contributed by atoms with E-state index in [4.69, 9.17) is 5.11 Å². The number of rotatable bonds is 8.